The van der Waals surface area contributed by atoms with Crippen LogP contribution >= 0.6 is 0 Å². The fraction of sp³-hybridized carbons (Fsp3) is 0.941. The average molecular weight is 330 g/mol. The van der Waals surface area contributed by atoms with Crippen LogP contribution in [0.5, 0.6) is 0 Å². The Bertz CT molecular complexity index is 477. The van der Waals surface area contributed by atoms with E-state index in [0.29, 0.717) is 32.0 Å². The first kappa shape index (κ1) is 15.8. The summed E-state index contributed by atoms with van der Waals surface area (Å²) < 4.78 is 43.2. The van der Waals surface area contributed by atoms with Crippen molar-refractivity contribution in [3.63, 3.8) is 0 Å². The number of carbonyl (C=O) groups excluding carboxylic acids is 1. The van der Waals surface area contributed by atoms with Crippen molar-refractivity contribution in [1.82, 2.24) is 0 Å². The van der Waals surface area contributed by atoms with Crippen molar-refractivity contribution in [3.05, 3.63) is 0 Å². The van der Waals surface area contributed by atoms with Crippen LogP contribution in [0.25, 0.3) is 0 Å². The van der Waals surface area contributed by atoms with Crippen LogP contribution in [0.1, 0.15) is 45.4 Å². The molecular formula is C17H24F2O4. The Morgan fingerprint density at radius 2 is 1.78 bits per heavy atom. The molecule has 5 aliphatic rings. The van der Waals surface area contributed by atoms with Gasteiger partial charge >= 0.3 is 5.97 Å². The third-order valence-electron chi connectivity index (χ3n) is 6.16. The second-order valence-corrected chi connectivity index (χ2v) is 8.04. The van der Waals surface area contributed by atoms with E-state index >= 15 is 0 Å². The highest BCUT2D eigenvalue weighted by Crippen LogP contribution is 2.65. The van der Waals surface area contributed by atoms with Crippen LogP contribution in [0.4, 0.5) is 8.78 Å². The second kappa shape index (κ2) is 5.12. The van der Waals surface area contributed by atoms with Gasteiger partial charge in [-0.3, -0.25) is 4.79 Å². The Morgan fingerprint density at radius 3 is 2.35 bits per heavy atom. The molecule has 0 aromatic heterocycles. The molecule has 5 rings (SSSR count). The molecule has 2 unspecified atom stereocenters. The lowest BCUT2D eigenvalue weighted by atomic mass is 9.47. The van der Waals surface area contributed by atoms with E-state index in [1.807, 2.05) is 0 Å². The standard InChI is InChI=1S/C17H24F2O4/c1-15(18,19)10-21-14(20)16-7-11-5-12(8-16)17(13(6-11)9-16)22-3-2-4-23-17/h11-13H,2-10H2,1H3. The van der Waals surface area contributed by atoms with E-state index < -0.39 is 29.7 Å². The monoisotopic (exact) mass is 330 g/mol. The number of hydrogen-bond donors (Lipinski definition) is 0. The minimum Gasteiger partial charge on any atom is -0.459 e. The summed E-state index contributed by atoms with van der Waals surface area (Å²) in [4.78, 5) is 12.6. The van der Waals surface area contributed by atoms with E-state index in [1.54, 1.807) is 0 Å². The normalized spacial score (nSPS) is 41.3. The van der Waals surface area contributed by atoms with Gasteiger partial charge in [0.2, 0.25) is 0 Å². The molecule has 6 heteroatoms. The molecule has 23 heavy (non-hydrogen) atoms. The van der Waals surface area contributed by atoms with Gasteiger partial charge in [-0.25, -0.2) is 8.78 Å². The van der Waals surface area contributed by atoms with Gasteiger partial charge in [0.15, 0.2) is 12.4 Å². The molecule has 130 valence electrons. The zero-order valence-electron chi connectivity index (χ0n) is 13.5. The van der Waals surface area contributed by atoms with Crippen molar-refractivity contribution < 1.29 is 27.8 Å². The van der Waals surface area contributed by atoms with Crippen molar-refractivity contribution in [1.29, 1.82) is 0 Å². The van der Waals surface area contributed by atoms with Crippen molar-refractivity contribution in [2.24, 2.45) is 23.2 Å². The maximum Gasteiger partial charge on any atom is 0.312 e. The molecule has 0 amide bonds. The maximum absolute atomic E-state index is 13.0. The van der Waals surface area contributed by atoms with Crippen LogP contribution < -0.4 is 0 Å². The third kappa shape index (κ3) is 2.49. The summed E-state index contributed by atoms with van der Waals surface area (Å²) in [7, 11) is 0. The summed E-state index contributed by atoms with van der Waals surface area (Å²) in [5, 5.41) is 0. The van der Waals surface area contributed by atoms with E-state index in [1.165, 1.54) is 0 Å². The zero-order chi connectivity index (χ0) is 16.3. The van der Waals surface area contributed by atoms with Gasteiger partial charge in [-0.15, -0.1) is 0 Å². The highest BCUT2D eigenvalue weighted by atomic mass is 19.3. The first-order valence-corrected chi connectivity index (χ1v) is 8.66. The molecule has 1 spiro atoms. The quantitative estimate of drug-likeness (QED) is 0.746. The van der Waals surface area contributed by atoms with Crippen LogP contribution in [0.2, 0.25) is 0 Å². The SMILES string of the molecule is CC(F)(F)COC(=O)C12CC3CC(C1)C1(OCCCO1)C(C3)C2. The van der Waals surface area contributed by atoms with Gasteiger partial charge in [0.25, 0.3) is 5.92 Å². The average Bonchev–Trinajstić information content (AvgIpc) is 2.50. The molecule has 1 saturated heterocycles. The molecule has 4 saturated carbocycles. The Balaban J connectivity index is 1.53. The molecule has 0 radical (unpaired) electrons. The summed E-state index contributed by atoms with van der Waals surface area (Å²) in [6.45, 7) is 1.36. The van der Waals surface area contributed by atoms with Gasteiger partial charge < -0.3 is 14.2 Å². The highest BCUT2D eigenvalue weighted by Gasteiger charge is 2.66. The largest absolute Gasteiger partial charge is 0.459 e. The number of esters is 1. The van der Waals surface area contributed by atoms with Crippen LogP contribution in [0, 0.1) is 23.2 Å². The molecule has 4 aliphatic carbocycles. The van der Waals surface area contributed by atoms with Gasteiger partial charge in [-0.05, 0) is 44.4 Å². The maximum atomic E-state index is 13.0. The summed E-state index contributed by atoms with van der Waals surface area (Å²) in [5.41, 5.74) is -0.600. The highest BCUT2D eigenvalue weighted by molar-refractivity contribution is 5.77. The predicted octanol–water partition coefficient (Wildman–Crippen LogP) is 3.14. The minimum absolute atomic E-state index is 0.184. The van der Waals surface area contributed by atoms with E-state index in [2.05, 4.69) is 0 Å². The lowest BCUT2D eigenvalue weighted by Crippen LogP contribution is -2.66. The Hall–Kier alpha value is -0.750. The molecule has 4 nitrogen and oxygen atoms in total. The Kier molecular flexibility index (Phi) is 3.51. The van der Waals surface area contributed by atoms with Crippen LogP contribution in [0.15, 0.2) is 0 Å². The van der Waals surface area contributed by atoms with E-state index in [0.717, 1.165) is 32.6 Å². The molecule has 5 fully saturated rings. The summed E-state index contributed by atoms with van der Waals surface area (Å²) in [6.07, 6.45) is 4.99. The van der Waals surface area contributed by atoms with Crippen LogP contribution in [-0.2, 0) is 19.0 Å². The van der Waals surface area contributed by atoms with Crippen molar-refractivity contribution in [3.8, 4) is 0 Å². The predicted molar refractivity (Wildman–Crippen MR) is 76.8 cm³/mol. The summed E-state index contributed by atoms with van der Waals surface area (Å²) in [6, 6.07) is 0. The molecule has 1 heterocycles. The fourth-order valence-corrected chi connectivity index (χ4v) is 5.56. The van der Waals surface area contributed by atoms with Gasteiger partial charge in [0, 0.05) is 18.8 Å². The van der Waals surface area contributed by atoms with Gasteiger partial charge in [-0.2, -0.15) is 0 Å². The molecule has 2 atom stereocenters. The molecule has 0 aromatic carbocycles. The summed E-state index contributed by atoms with van der Waals surface area (Å²) in [5.74, 6) is -3.12. The zero-order valence-corrected chi connectivity index (χ0v) is 13.5. The molecule has 0 aromatic rings. The van der Waals surface area contributed by atoms with Crippen molar-refractivity contribution in [2.45, 2.75) is 57.2 Å². The number of ether oxygens (including phenoxy) is 3. The van der Waals surface area contributed by atoms with Crippen molar-refractivity contribution in [2.75, 3.05) is 19.8 Å². The van der Waals surface area contributed by atoms with Crippen molar-refractivity contribution >= 4 is 5.97 Å². The number of hydrogen-bond acceptors (Lipinski definition) is 4. The molecule has 0 N–H and O–H groups in total. The lowest BCUT2D eigenvalue weighted by molar-refractivity contribution is -0.365. The van der Waals surface area contributed by atoms with E-state index in [4.69, 9.17) is 14.2 Å². The van der Waals surface area contributed by atoms with E-state index in [-0.39, 0.29) is 11.8 Å². The smallest absolute Gasteiger partial charge is 0.312 e. The number of carbonyl (C=O) groups is 1. The number of rotatable bonds is 3. The molecule has 4 bridgehead atoms. The second-order valence-electron chi connectivity index (χ2n) is 8.04. The number of halogens is 2. The van der Waals surface area contributed by atoms with Gasteiger partial charge in [0.05, 0.1) is 18.6 Å². The summed E-state index contributed by atoms with van der Waals surface area (Å²) >= 11 is 0. The molecule has 1 aliphatic heterocycles. The van der Waals surface area contributed by atoms with Crippen LogP contribution in [-0.4, -0.2) is 37.5 Å². The van der Waals surface area contributed by atoms with Gasteiger partial charge in [0.1, 0.15) is 0 Å². The topological polar surface area (TPSA) is 44.8 Å². The Morgan fingerprint density at radius 1 is 1.17 bits per heavy atom. The lowest BCUT2D eigenvalue weighted by Gasteiger charge is -2.63. The first-order chi connectivity index (χ1) is 10.8. The van der Waals surface area contributed by atoms with Gasteiger partial charge in [-0.1, -0.05) is 0 Å². The van der Waals surface area contributed by atoms with Crippen LogP contribution in [0.3, 0.4) is 0 Å². The fourth-order valence-electron chi connectivity index (χ4n) is 5.56. The first-order valence-electron chi connectivity index (χ1n) is 8.66. The Labute approximate surface area is 134 Å². The number of alkyl halides is 2. The minimum atomic E-state index is -2.98. The third-order valence-corrected chi connectivity index (χ3v) is 6.16. The molecular weight excluding hydrogens is 306 g/mol. The van der Waals surface area contributed by atoms with E-state index in [9.17, 15) is 13.6 Å².